The van der Waals surface area contributed by atoms with Crippen LogP contribution in [0.2, 0.25) is 0 Å². The number of hydrogen-bond acceptors (Lipinski definition) is 4. The summed E-state index contributed by atoms with van der Waals surface area (Å²) in [5, 5.41) is 6.84. The Hall–Kier alpha value is -3.35. The van der Waals surface area contributed by atoms with Crippen LogP contribution < -0.4 is 10.1 Å². The first-order valence-electron chi connectivity index (χ1n) is 8.83. The van der Waals surface area contributed by atoms with Gasteiger partial charge in [0.25, 0.3) is 0 Å². The summed E-state index contributed by atoms with van der Waals surface area (Å²) in [5.41, 5.74) is 0.525. The lowest BCUT2D eigenvalue weighted by molar-refractivity contribution is 0.0634. The molecular formula is C21H22FN3O3. The SMILES string of the molecule is CC(C)(C)OC(=O)Nc1nn(-c2ccccc2F)cc1OCc1ccccc1. The van der Waals surface area contributed by atoms with Crippen molar-refractivity contribution in [2.24, 2.45) is 0 Å². The molecule has 0 unspecified atom stereocenters. The van der Waals surface area contributed by atoms with Gasteiger partial charge in [0.2, 0.25) is 0 Å². The highest BCUT2D eigenvalue weighted by Crippen LogP contribution is 2.27. The number of carbonyl (C=O) groups excluding carboxylic acids is 1. The maximum Gasteiger partial charge on any atom is 0.413 e. The number of rotatable bonds is 5. The average Bonchev–Trinajstić information content (AvgIpc) is 3.02. The van der Waals surface area contributed by atoms with Gasteiger partial charge in [-0.1, -0.05) is 42.5 Å². The minimum Gasteiger partial charge on any atom is -0.483 e. The van der Waals surface area contributed by atoms with Crippen molar-refractivity contribution < 1.29 is 18.7 Å². The van der Waals surface area contributed by atoms with Gasteiger partial charge in [0.15, 0.2) is 11.6 Å². The zero-order valence-corrected chi connectivity index (χ0v) is 16.0. The zero-order valence-electron chi connectivity index (χ0n) is 16.0. The van der Waals surface area contributed by atoms with Gasteiger partial charge in [-0.05, 0) is 38.5 Å². The molecule has 1 amide bonds. The van der Waals surface area contributed by atoms with Crippen LogP contribution in [0.1, 0.15) is 26.3 Å². The van der Waals surface area contributed by atoms with E-state index in [0.29, 0.717) is 5.75 Å². The molecule has 0 atom stereocenters. The molecule has 3 rings (SSSR count). The quantitative estimate of drug-likeness (QED) is 0.678. The minimum absolute atomic E-state index is 0.147. The zero-order chi connectivity index (χ0) is 20.1. The highest BCUT2D eigenvalue weighted by atomic mass is 19.1. The summed E-state index contributed by atoms with van der Waals surface area (Å²) in [6, 6.07) is 15.8. The number of hydrogen-bond donors (Lipinski definition) is 1. The molecule has 0 saturated carbocycles. The Bertz CT molecular complexity index is 949. The highest BCUT2D eigenvalue weighted by Gasteiger charge is 2.20. The smallest absolute Gasteiger partial charge is 0.413 e. The van der Waals surface area contributed by atoms with Gasteiger partial charge in [-0.2, -0.15) is 0 Å². The molecule has 0 aliphatic rings. The van der Waals surface area contributed by atoms with Gasteiger partial charge in [-0.15, -0.1) is 5.10 Å². The topological polar surface area (TPSA) is 65.4 Å². The molecule has 0 spiro atoms. The third-order valence-corrected chi connectivity index (χ3v) is 3.64. The summed E-state index contributed by atoms with van der Waals surface area (Å²) in [6.07, 6.45) is 0.851. The van der Waals surface area contributed by atoms with E-state index in [1.54, 1.807) is 39.0 Å². The van der Waals surface area contributed by atoms with E-state index in [-0.39, 0.29) is 18.1 Å². The molecule has 0 fully saturated rings. The highest BCUT2D eigenvalue weighted by molar-refractivity contribution is 5.85. The summed E-state index contributed by atoms with van der Waals surface area (Å²) in [5.74, 6) is 0.00910. The van der Waals surface area contributed by atoms with Crippen LogP contribution in [-0.2, 0) is 11.3 Å². The molecule has 1 aromatic heterocycles. The lowest BCUT2D eigenvalue weighted by Crippen LogP contribution is -2.27. The Morgan fingerprint density at radius 2 is 1.79 bits per heavy atom. The number of benzene rings is 2. The molecule has 0 radical (unpaired) electrons. The van der Waals surface area contributed by atoms with Gasteiger partial charge in [-0.3, -0.25) is 5.32 Å². The van der Waals surface area contributed by atoms with E-state index in [1.807, 2.05) is 30.3 Å². The van der Waals surface area contributed by atoms with E-state index in [1.165, 1.54) is 16.9 Å². The van der Waals surface area contributed by atoms with Crippen LogP contribution in [0.4, 0.5) is 15.0 Å². The fourth-order valence-corrected chi connectivity index (χ4v) is 2.45. The third-order valence-electron chi connectivity index (χ3n) is 3.64. The second-order valence-corrected chi connectivity index (χ2v) is 7.14. The van der Waals surface area contributed by atoms with Gasteiger partial charge in [-0.25, -0.2) is 13.9 Å². The summed E-state index contributed by atoms with van der Waals surface area (Å²) in [7, 11) is 0. The molecule has 0 bridgehead atoms. The third kappa shape index (κ3) is 5.09. The number of nitrogens with zero attached hydrogens (tertiary/aromatic N) is 2. The Labute approximate surface area is 162 Å². The monoisotopic (exact) mass is 383 g/mol. The number of nitrogens with one attached hydrogen (secondary N) is 1. The first-order chi connectivity index (χ1) is 13.3. The van der Waals surface area contributed by atoms with E-state index in [2.05, 4.69) is 10.4 Å². The number of anilines is 1. The van der Waals surface area contributed by atoms with Crippen LogP contribution in [-0.4, -0.2) is 21.5 Å². The summed E-state index contributed by atoms with van der Waals surface area (Å²) in [4.78, 5) is 12.2. The van der Waals surface area contributed by atoms with Crippen molar-refractivity contribution in [2.75, 3.05) is 5.32 Å². The Kier molecular flexibility index (Phi) is 5.63. The standard InChI is InChI=1S/C21H22FN3O3/c1-21(2,3)28-20(26)23-19-18(27-14-15-9-5-4-6-10-15)13-25(24-19)17-12-8-7-11-16(17)22/h4-13H,14H2,1-3H3,(H,23,24,26). The first kappa shape index (κ1) is 19.4. The normalized spacial score (nSPS) is 11.1. The number of para-hydroxylation sites is 1. The molecule has 3 aromatic rings. The Morgan fingerprint density at radius 3 is 2.46 bits per heavy atom. The van der Waals surface area contributed by atoms with Gasteiger partial charge in [0.1, 0.15) is 23.7 Å². The molecule has 1 N–H and O–H groups in total. The van der Waals surface area contributed by atoms with Crippen LogP contribution in [0.5, 0.6) is 5.75 Å². The fourth-order valence-electron chi connectivity index (χ4n) is 2.45. The number of halogens is 1. The van der Waals surface area contributed by atoms with Gasteiger partial charge < -0.3 is 9.47 Å². The predicted octanol–water partition coefficient (Wildman–Crippen LogP) is 4.94. The summed E-state index contributed by atoms with van der Waals surface area (Å²) >= 11 is 0. The molecule has 7 heteroatoms. The Morgan fingerprint density at radius 1 is 1.11 bits per heavy atom. The van der Waals surface area contributed by atoms with Crippen LogP contribution in [0.25, 0.3) is 5.69 Å². The molecule has 0 aliphatic carbocycles. The van der Waals surface area contributed by atoms with Crippen molar-refractivity contribution >= 4 is 11.9 Å². The number of carbonyl (C=O) groups is 1. The maximum atomic E-state index is 14.1. The minimum atomic E-state index is -0.671. The molecular weight excluding hydrogens is 361 g/mol. The lowest BCUT2D eigenvalue weighted by atomic mass is 10.2. The summed E-state index contributed by atoms with van der Waals surface area (Å²) in [6.45, 7) is 5.55. The molecule has 0 aliphatic heterocycles. The van der Waals surface area contributed by atoms with Gasteiger partial charge in [0, 0.05) is 0 Å². The van der Waals surface area contributed by atoms with Crippen LogP contribution in [0, 0.1) is 5.82 Å². The largest absolute Gasteiger partial charge is 0.483 e. The van der Waals surface area contributed by atoms with Crippen molar-refractivity contribution in [3.63, 3.8) is 0 Å². The van der Waals surface area contributed by atoms with Crippen LogP contribution >= 0.6 is 0 Å². The van der Waals surface area contributed by atoms with Crippen LogP contribution in [0.3, 0.4) is 0 Å². The predicted molar refractivity (Wildman–Crippen MR) is 104 cm³/mol. The van der Waals surface area contributed by atoms with E-state index in [9.17, 15) is 9.18 Å². The lowest BCUT2D eigenvalue weighted by Gasteiger charge is -2.19. The second-order valence-electron chi connectivity index (χ2n) is 7.14. The molecule has 28 heavy (non-hydrogen) atoms. The molecule has 146 valence electrons. The number of aromatic nitrogens is 2. The maximum absolute atomic E-state index is 14.1. The van der Waals surface area contributed by atoms with Crippen molar-refractivity contribution in [1.82, 2.24) is 9.78 Å². The van der Waals surface area contributed by atoms with Crippen LogP contribution in [0.15, 0.2) is 60.8 Å². The van der Waals surface area contributed by atoms with E-state index in [0.717, 1.165) is 5.56 Å². The Balaban J connectivity index is 1.86. The average molecular weight is 383 g/mol. The van der Waals surface area contributed by atoms with E-state index < -0.39 is 17.5 Å². The fraction of sp³-hybridized carbons (Fsp3) is 0.238. The van der Waals surface area contributed by atoms with Gasteiger partial charge >= 0.3 is 6.09 Å². The first-order valence-corrected chi connectivity index (χ1v) is 8.83. The molecule has 2 aromatic carbocycles. The molecule has 6 nitrogen and oxygen atoms in total. The second kappa shape index (κ2) is 8.12. The number of amides is 1. The summed E-state index contributed by atoms with van der Waals surface area (Å²) < 4.78 is 26.5. The van der Waals surface area contributed by atoms with Gasteiger partial charge in [0.05, 0.1) is 6.20 Å². The van der Waals surface area contributed by atoms with E-state index in [4.69, 9.17) is 9.47 Å². The number of ether oxygens (including phenoxy) is 2. The van der Waals surface area contributed by atoms with Crippen molar-refractivity contribution in [3.05, 3.63) is 72.2 Å². The molecule has 1 heterocycles. The van der Waals surface area contributed by atoms with Crippen molar-refractivity contribution in [1.29, 1.82) is 0 Å². The van der Waals surface area contributed by atoms with E-state index >= 15 is 0 Å². The van der Waals surface area contributed by atoms with Crippen molar-refractivity contribution in [3.8, 4) is 11.4 Å². The molecule has 0 saturated heterocycles. The van der Waals surface area contributed by atoms with Crippen molar-refractivity contribution in [2.45, 2.75) is 33.0 Å².